The van der Waals surface area contributed by atoms with Crippen LogP contribution in [-0.2, 0) is 19.1 Å². The molecule has 0 aliphatic heterocycles. The summed E-state index contributed by atoms with van der Waals surface area (Å²) in [6.07, 6.45) is 9.07. The second-order valence-electron chi connectivity index (χ2n) is 13.3. The largest absolute Gasteiger partial charge is 0.375 e. The molecule has 8 bridgehead atoms. The molecule has 36 heavy (non-hydrogen) atoms. The summed E-state index contributed by atoms with van der Waals surface area (Å²) >= 11 is 0. The average molecular weight is 517 g/mol. The van der Waals surface area contributed by atoms with Gasteiger partial charge in [-0.15, -0.1) is 0 Å². The van der Waals surface area contributed by atoms with Gasteiger partial charge in [-0.05, 0) is 86.9 Å². The van der Waals surface area contributed by atoms with Crippen LogP contribution in [0.3, 0.4) is 0 Å². The molecule has 0 aromatic rings. The van der Waals surface area contributed by atoms with Gasteiger partial charge in [0.05, 0.1) is 13.2 Å². The molecule has 0 saturated heterocycles. The number of carbonyl (C=O) groups excluding carboxylic acids is 2. The monoisotopic (exact) mass is 516 g/mol. The van der Waals surface area contributed by atoms with E-state index < -0.39 is 25.1 Å². The Kier molecular flexibility index (Phi) is 7.10. The van der Waals surface area contributed by atoms with Gasteiger partial charge in [-0.25, -0.2) is 17.6 Å². The van der Waals surface area contributed by atoms with Gasteiger partial charge in [0.25, 0.3) is 11.8 Å². The Morgan fingerprint density at radius 3 is 2.00 bits per heavy atom. The molecule has 0 spiro atoms. The van der Waals surface area contributed by atoms with Crippen molar-refractivity contribution in [3.8, 4) is 0 Å². The quantitative estimate of drug-likeness (QED) is 0.374. The lowest BCUT2D eigenvalue weighted by atomic mass is 9.49. The molecule has 7 unspecified atom stereocenters. The second kappa shape index (κ2) is 9.62. The van der Waals surface area contributed by atoms with Gasteiger partial charge in [0, 0.05) is 37.5 Å². The van der Waals surface area contributed by atoms with E-state index in [-0.39, 0.29) is 35.0 Å². The van der Waals surface area contributed by atoms with Crippen molar-refractivity contribution < 1.29 is 36.6 Å². The highest BCUT2D eigenvalue weighted by Crippen LogP contribution is 2.59. The van der Waals surface area contributed by atoms with Gasteiger partial charge < -0.3 is 9.47 Å². The summed E-state index contributed by atoms with van der Waals surface area (Å²) in [6, 6.07) is 0. The van der Waals surface area contributed by atoms with Crippen molar-refractivity contribution in [3.63, 3.8) is 0 Å². The number of hydrogen-bond donors (Lipinski definition) is 0. The molecule has 0 aromatic carbocycles. The van der Waals surface area contributed by atoms with Crippen LogP contribution in [0.15, 0.2) is 0 Å². The van der Waals surface area contributed by atoms with Gasteiger partial charge in [-0.3, -0.25) is 9.59 Å². The lowest BCUT2D eigenvalue weighted by molar-refractivity contribution is -0.157. The first-order valence-corrected chi connectivity index (χ1v) is 13.8. The number of ketones is 2. The van der Waals surface area contributed by atoms with Crippen molar-refractivity contribution in [2.75, 3.05) is 26.4 Å². The molecule has 0 heterocycles. The van der Waals surface area contributed by atoms with Crippen LogP contribution in [0.2, 0.25) is 0 Å². The summed E-state index contributed by atoms with van der Waals surface area (Å²) in [5, 5.41) is 0. The van der Waals surface area contributed by atoms with E-state index in [1.165, 1.54) is 6.42 Å². The van der Waals surface area contributed by atoms with E-state index in [0.29, 0.717) is 42.5 Å². The number of hydrogen-bond acceptors (Lipinski definition) is 4. The van der Waals surface area contributed by atoms with E-state index in [4.69, 9.17) is 9.47 Å². The molecule has 204 valence electrons. The lowest BCUT2D eigenvalue weighted by Crippen LogP contribution is -2.53. The molecule has 8 heteroatoms. The smallest absolute Gasteiger partial charge is 0.268 e. The van der Waals surface area contributed by atoms with Crippen LogP contribution in [0.5, 0.6) is 0 Å². The Morgan fingerprint density at radius 2 is 1.36 bits per heavy atom. The minimum absolute atomic E-state index is 0.0235. The maximum absolute atomic E-state index is 12.8. The van der Waals surface area contributed by atoms with E-state index in [1.54, 1.807) is 0 Å². The SMILES string of the molecule is CC(F)(F)COCC12CC3CC(C1)C(=O)C(C3)C2.CC(F)(F)COCC1C2CC3CC(C2)C(=O)C1C3. The summed E-state index contributed by atoms with van der Waals surface area (Å²) in [4.78, 5) is 24.1. The zero-order valence-corrected chi connectivity index (χ0v) is 21.5. The first-order valence-electron chi connectivity index (χ1n) is 13.8. The number of rotatable bonds is 8. The van der Waals surface area contributed by atoms with Gasteiger partial charge in [-0.1, -0.05) is 0 Å². The van der Waals surface area contributed by atoms with Crippen molar-refractivity contribution >= 4 is 11.6 Å². The van der Waals surface area contributed by atoms with Crippen molar-refractivity contribution in [1.29, 1.82) is 0 Å². The Morgan fingerprint density at radius 1 is 0.750 bits per heavy atom. The van der Waals surface area contributed by atoms with E-state index in [1.807, 2.05) is 0 Å². The molecule has 0 N–H and O–H groups in total. The van der Waals surface area contributed by atoms with Gasteiger partial charge in [0.2, 0.25) is 0 Å². The third-order valence-corrected chi connectivity index (χ3v) is 9.87. The molecule has 0 aromatic heterocycles. The van der Waals surface area contributed by atoms with Crippen LogP contribution in [0.4, 0.5) is 17.6 Å². The summed E-state index contributed by atoms with van der Waals surface area (Å²) in [5.74, 6) is -1.85. The number of ether oxygens (including phenoxy) is 2. The molecule has 4 nitrogen and oxygen atoms in total. The van der Waals surface area contributed by atoms with Crippen LogP contribution in [-0.4, -0.2) is 49.8 Å². The Hall–Kier alpha value is -1.02. The molecule has 8 rings (SSSR count). The number of Topliss-reactive ketones (excluding diaryl/α,β-unsaturated/α-hetero) is 2. The van der Waals surface area contributed by atoms with Gasteiger partial charge in [0.15, 0.2) is 0 Å². The Labute approximate surface area is 211 Å². The lowest BCUT2D eigenvalue weighted by Gasteiger charge is -2.55. The van der Waals surface area contributed by atoms with Crippen molar-refractivity contribution in [3.05, 3.63) is 0 Å². The Balaban J connectivity index is 0.000000148. The minimum Gasteiger partial charge on any atom is -0.375 e. The van der Waals surface area contributed by atoms with Crippen molar-refractivity contribution in [2.24, 2.45) is 52.8 Å². The van der Waals surface area contributed by atoms with Crippen LogP contribution in [0.1, 0.15) is 71.6 Å². The number of halogens is 4. The van der Waals surface area contributed by atoms with Gasteiger partial charge >= 0.3 is 0 Å². The fourth-order valence-corrected chi connectivity index (χ4v) is 8.91. The maximum atomic E-state index is 12.8. The zero-order valence-electron chi connectivity index (χ0n) is 21.5. The molecule has 8 aliphatic carbocycles. The van der Waals surface area contributed by atoms with E-state index >= 15 is 0 Å². The molecule has 0 radical (unpaired) electrons. The molecule has 0 amide bonds. The Bertz CT molecular complexity index is 831. The van der Waals surface area contributed by atoms with Crippen LogP contribution < -0.4 is 0 Å². The molecular formula is C28H40F4O4. The highest BCUT2D eigenvalue weighted by molar-refractivity contribution is 5.86. The predicted octanol–water partition coefficient (Wildman–Crippen LogP) is 5.96. The van der Waals surface area contributed by atoms with E-state index in [9.17, 15) is 27.2 Å². The fourth-order valence-electron chi connectivity index (χ4n) is 8.91. The standard InChI is InChI=1S/2C14H20F2O2/c1-13(15,16)7-18-8-14-4-9-2-10(5-14)12(17)11(3-9)6-14;1-14(15,16)7-18-6-12-9-2-8-3-10(5-9)13(17)11(12)4-8/h9-11H,2-8H2,1H3;8-12H,2-7H2,1H3. The van der Waals surface area contributed by atoms with Crippen LogP contribution in [0.25, 0.3) is 0 Å². The summed E-state index contributed by atoms with van der Waals surface area (Å²) < 4.78 is 61.4. The summed E-state index contributed by atoms with van der Waals surface area (Å²) in [7, 11) is 0. The first-order chi connectivity index (χ1) is 16.8. The summed E-state index contributed by atoms with van der Waals surface area (Å²) in [5.41, 5.74) is 0.0235. The van der Waals surface area contributed by atoms with Gasteiger partial charge in [0.1, 0.15) is 24.8 Å². The normalized spacial score (nSPS) is 42.6. The highest BCUT2D eigenvalue weighted by atomic mass is 19.3. The third kappa shape index (κ3) is 5.69. The molecule has 8 fully saturated rings. The highest BCUT2D eigenvalue weighted by Gasteiger charge is 2.55. The molecule has 8 aliphatic rings. The van der Waals surface area contributed by atoms with Crippen molar-refractivity contribution in [1.82, 2.24) is 0 Å². The topological polar surface area (TPSA) is 52.6 Å². The number of alkyl halides is 4. The van der Waals surface area contributed by atoms with E-state index in [2.05, 4.69) is 0 Å². The van der Waals surface area contributed by atoms with Crippen molar-refractivity contribution in [2.45, 2.75) is 83.5 Å². The molecule has 8 saturated carbocycles. The summed E-state index contributed by atoms with van der Waals surface area (Å²) in [6.45, 7) is 1.48. The minimum atomic E-state index is -2.77. The predicted molar refractivity (Wildman–Crippen MR) is 125 cm³/mol. The first kappa shape index (κ1) is 26.6. The van der Waals surface area contributed by atoms with Crippen LogP contribution >= 0.6 is 0 Å². The second-order valence-corrected chi connectivity index (χ2v) is 13.3. The third-order valence-electron chi connectivity index (χ3n) is 9.87. The van der Waals surface area contributed by atoms with E-state index in [0.717, 1.165) is 65.2 Å². The fraction of sp³-hybridized carbons (Fsp3) is 0.929. The van der Waals surface area contributed by atoms with Crippen LogP contribution in [0, 0.1) is 52.8 Å². The molecular weight excluding hydrogens is 476 g/mol. The zero-order chi connectivity index (χ0) is 25.9. The maximum Gasteiger partial charge on any atom is 0.268 e. The number of carbonyl (C=O) groups is 2. The molecule has 7 atom stereocenters. The average Bonchev–Trinajstić information content (AvgIpc) is 2.75. The van der Waals surface area contributed by atoms with Gasteiger partial charge in [-0.2, -0.15) is 0 Å².